The van der Waals surface area contributed by atoms with Crippen LogP contribution in [0.2, 0.25) is 0 Å². The Labute approximate surface area is 143 Å². The van der Waals surface area contributed by atoms with E-state index in [1.807, 2.05) is 0 Å². The second kappa shape index (κ2) is 5.99. The molecule has 3 rings (SSSR count). The smallest absolute Gasteiger partial charge is 0.385 e. The van der Waals surface area contributed by atoms with Gasteiger partial charge in [-0.3, -0.25) is 9.09 Å². The highest BCUT2D eigenvalue weighted by molar-refractivity contribution is 7.46. The number of aliphatic hydroxyl groups is 1. The topological polar surface area (TPSA) is 192 Å². The van der Waals surface area contributed by atoms with Crippen LogP contribution in [0.15, 0.2) is 6.33 Å². The van der Waals surface area contributed by atoms with Gasteiger partial charge in [-0.15, -0.1) is 0 Å². The lowest BCUT2D eigenvalue weighted by molar-refractivity contribution is -0.0474. The van der Waals surface area contributed by atoms with Gasteiger partial charge in [-0.25, -0.2) is 13.9 Å². The van der Waals surface area contributed by atoms with Crippen molar-refractivity contribution in [2.24, 2.45) is 0 Å². The number of rotatable bonds is 4. The van der Waals surface area contributed by atoms with Crippen molar-refractivity contribution in [3.8, 4) is 0 Å². The highest BCUT2D eigenvalue weighted by Gasteiger charge is 2.58. The maximum Gasteiger partial charge on any atom is 0.469 e. The van der Waals surface area contributed by atoms with Crippen molar-refractivity contribution in [2.75, 3.05) is 18.1 Å². The minimum absolute atomic E-state index is 0.00133. The van der Waals surface area contributed by atoms with Gasteiger partial charge in [0.2, 0.25) is 5.95 Å². The first-order valence-electron chi connectivity index (χ1n) is 6.67. The molecule has 4 atom stereocenters. The number of anilines is 2. The molecule has 0 spiro atoms. The SMILES string of the molecule is Nc1nc(N)c2ncn([C@@H]3O[C@H](COP(=O)(O)O)[C@@H](O)[C@]3(F)Cl)c2n1. The van der Waals surface area contributed by atoms with Crippen molar-refractivity contribution >= 4 is 42.4 Å². The van der Waals surface area contributed by atoms with E-state index < -0.39 is 38.0 Å². The van der Waals surface area contributed by atoms with Crippen LogP contribution in [0.4, 0.5) is 16.2 Å². The summed E-state index contributed by atoms with van der Waals surface area (Å²) in [6.45, 7) is -0.799. The lowest BCUT2D eigenvalue weighted by Gasteiger charge is -2.22. The normalized spacial score (nSPS) is 30.2. The summed E-state index contributed by atoms with van der Waals surface area (Å²) in [5, 5.41) is 7.11. The third-order valence-electron chi connectivity index (χ3n) is 3.50. The fraction of sp³-hybridized carbons (Fsp3) is 0.500. The summed E-state index contributed by atoms with van der Waals surface area (Å²) in [7, 11) is -4.85. The Morgan fingerprint density at radius 2 is 2.16 bits per heavy atom. The molecule has 1 aliphatic rings. The van der Waals surface area contributed by atoms with Gasteiger partial charge in [0.15, 0.2) is 17.7 Å². The molecule has 0 unspecified atom stereocenters. The van der Waals surface area contributed by atoms with Crippen LogP contribution in [-0.4, -0.2) is 58.4 Å². The van der Waals surface area contributed by atoms with Gasteiger partial charge in [0.05, 0.1) is 12.9 Å². The van der Waals surface area contributed by atoms with E-state index in [0.29, 0.717) is 0 Å². The van der Waals surface area contributed by atoms with Gasteiger partial charge >= 0.3 is 7.82 Å². The average molecular weight is 399 g/mol. The van der Waals surface area contributed by atoms with Crippen LogP contribution in [0.3, 0.4) is 0 Å². The molecule has 0 saturated carbocycles. The molecule has 3 heterocycles. The van der Waals surface area contributed by atoms with E-state index >= 15 is 0 Å². The molecule has 2 aromatic heterocycles. The summed E-state index contributed by atoms with van der Waals surface area (Å²) < 4.78 is 36.1. The standard InChI is InChI=1S/C10H13ClFN6O6P/c11-10(12)5(19)3(1-23-25(20,21)22)24-8(10)18-2-15-4-6(13)16-9(14)17-7(4)18/h2-3,5,8,19H,1H2,(H2,20,21,22)(H4,13,14,16,17)/t3-,5-,8-,10-/m1/s1. The number of nitrogens with zero attached hydrogens (tertiary/aromatic N) is 4. The van der Waals surface area contributed by atoms with E-state index in [1.165, 1.54) is 0 Å². The van der Waals surface area contributed by atoms with Gasteiger partial charge in [0.1, 0.15) is 17.7 Å². The van der Waals surface area contributed by atoms with E-state index in [-0.39, 0.29) is 22.9 Å². The van der Waals surface area contributed by atoms with Gasteiger partial charge in [-0.05, 0) is 0 Å². The highest BCUT2D eigenvalue weighted by Crippen LogP contribution is 2.47. The van der Waals surface area contributed by atoms with Crippen LogP contribution in [-0.2, 0) is 13.8 Å². The van der Waals surface area contributed by atoms with Crippen LogP contribution in [0.1, 0.15) is 6.23 Å². The van der Waals surface area contributed by atoms with Crippen LogP contribution in [0.5, 0.6) is 0 Å². The minimum atomic E-state index is -4.85. The Balaban J connectivity index is 1.96. The molecule has 0 radical (unpaired) electrons. The average Bonchev–Trinajstić information content (AvgIpc) is 2.97. The first-order valence-corrected chi connectivity index (χ1v) is 8.58. The summed E-state index contributed by atoms with van der Waals surface area (Å²) in [5.41, 5.74) is 11.3. The van der Waals surface area contributed by atoms with E-state index in [0.717, 1.165) is 10.9 Å². The molecular formula is C10H13ClFN6O6P. The first kappa shape index (κ1) is 18.2. The number of aliphatic hydroxyl groups excluding tert-OH is 1. The van der Waals surface area contributed by atoms with Gasteiger partial charge in [0.25, 0.3) is 5.13 Å². The van der Waals surface area contributed by atoms with Crippen LogP contribution >= 0.6 is 19.4 Å². The lowest BCUT2D eigenvalue weighted by atomic mass is 10.1. The molecule has 0 aliphatic carbocycles. The molecular weight excluding hydrogens is 386 g/mol. The van der Waals surface area contributed by atoms with Gasteiger partial charge in [-0.1, -0.05) is 11.6 Å². The third kappa shape index (κ3) is 3.27. The second-order valence-corrected chi connectivity index (χ2v) is 7.04. The fourth-order valence-electron chi connectivity index (χ4n) is 2.40. The number of fused-ring (bicyclic) bond motifs is 1. The van der Waals surface area contributed by atoms with Crippen molar-refractivity contribution in [3.63, 3.8) is 0 Å². The number of alkyl halides is 2. The van der Waals surface area contributed by atoms with E-state index in [2.05, 4.69) is 19.5 Å². The molecule has 25 heavy (non-hydrogen) atoms. The van der Waals surface area contributed by atoms with Gasteiger partial charge < -0.3 is 31.1 Å². The van der Waals surface area contributed by atoms with E-state index in [1.54, 1.807) is 0 Å². The third-order valence-corrected chi connectivity index (χ3v) is 4.40. The molecule has 0 bridgehead atoms. The molecule has 138 valence electrons. The second-order valence-electron chi connectivity index (χ2n) is 5.22. The molecule has 1 aliphatic heterocycles. The zero-order valence-electron chi connectivity index (χ0n) is 12.2. The number of phosphoric acid groups is 1. The Morgan fingerprint density at radius 3 is 2.80 bits per heavy atom. The van der Waals surface area contributed by atoms with Crippen molar-refractivity contribution in [1.29, 1.82) is 0 Å². The Morgan fingerprint density at radius 1 is 1.48 bits per heavy atom. The summed E-state index contributed by atoms with van der Waals surface area (Å²) >= 11 is 5.75. The van der Waals surface area contributed by atoms with Crippen molar-refractivity contribution in [2.45, 2.75) is 23.6 Å². The zero-order chi connectivity index (χ0) is 18.6. The lowest BCUT2D eigenvalue weighted by Crippen LogP contribution is -2.38. The highest BCUT2D eigenvalue weighted by atomic mass is 35.5. The predicted molar refractivity (Wildman–Crippen MR) is 81.8 cm³/mol. The Kier molecular flexibility index (Phi) is 4.36. The number of phosphoric ester groups is 1. The van der Waals surface area contributed by atoms with E-state index in [4.69, 9.17) is 37.6 Å². The monoisotopic (exact) mass is 398 g/mol. The molecule has 2 aromatic rings. The summed E-state index contributed by atoms with van der Waals surface area (Å²) in [6.07, 6.45) is -3.96. The van der Waals surface area contributed by atoms with Crippen molar-refractivity contribution in [1.82, 2.24) is 19.5 Å². The maximum absolute atomic E-state index is 14.8. The number of hydrogen-bond donors (Lipinski definition) is 5. The number of nitrogens with two attached hydrogens (primary N) is 2. The summed E-state index contributed by atoms with van der Waals surface area (Å²) in [4.78, 5) is 28.9. The van der Waals surface area contributed by atoms with E-state index in [9.17, 15) is 14.1 Å². The largest absolute Gasteiger partial charge is 0.469 e. The van der Waals surface area contributed by atoms with Gasteiger partial charge in [-0.2, -0.15) is 9.97 Å². The summed E-state index contributed by atoms with van der Waals surface area (Å²) in [6, 6.07) is 0. The number of imidazole rings is 1. The maximum atomic E-state index is 14.8. The molecule has 12 nitrogen and oxygen atoms in total. The van der Waals surface area contributed by atoms with Gasteiger partial charge in [0, 0.05) is 0 Å². The van der Waals surface area contributed by atoms with Crippen LogP contribution < -0.4 is 11.5 Å². The summed E-state index contributed by atoms with van der Waals surface area (Å²) in [5.74, 6) is -0.258. The molecule has 1 fully saturated rings. The fourth-order valence-corrected chi connectivity index (χ4v) is 3.04. The van der Waals surface area contributed by atoms with Crippen LogP contribution in [0.25, 0.3) is 11.2 Å². The molecule has 0 amide bonds. The van der Waals surface area contributed by atoms with Crippen LogP contribution in [0, 0.1) is 0 Å². The minimum Gasteiger partial charge on any atom is -0.385 e. The number of halogens is 2. The number of nitrogen functional groups attached to an aromatic ring is 2. The first-order chi connectivity index (χ1) is 11.5. The Bertz CT molecular complexity index is 860. The molecule has 7 N–H and O–H groups in total. The Hall–Kier alpha value is -1.60. The number of hydrogen-bond acceptors (Lipinski definition) is 9. The predicted octanol–water partition coefficient (Wildman–Crippen LogP) is -0.737. The van der Waals surface area contributed by atoms with Crippen molar-refractivity contribution < 1.29 is 33.1 Å². The zero-order valence-corrected chi connectivity index (χ0v) is 13.9. The molecule has 1 saturated heterocycles. The number of aromatic nitrogens is 4. The quantitative estimate of drug-likeness (QED) is 0.322. The van der Waals surface area contributed by atoms with Crippen molar-refractivity contribution in [3.05, 3.63) is 6.33 Å². The molecule has 0 aromatic carbocycles. The molecule has 15 heteroatoms. The number of ether oxygens (including phenoxy) is 1.